The standard InChI is InChI=1S/C20H30N4O/c1-5-7-19(22-15(3)6-2)23-13-17-10-18(14-23)24(17)12-16-8-9-20(25-4)21-11-16/h5,7-9,11,15,17-18H,6,10,12-14H2,1-4H3/b7-5-,22-19+. The predicted molar refractivity (Wildman–Crippen MR) is 102 cm³/mol. The fourth-order valence-electron chi connectivity index (χ4n) is 3.66. The Balaban J connectivity index is 1.62. The van der Waals surface area contributed by atoms with Crippen LogP contribution in [0.1, 0.15) is 39.2 Å². The van der Waals surface area contributed by atoms with E-state index in [2.05, 4.69) is 53.8 Å². The van der Waals surface area contributed by atoms with Crippen LogP contribution in [0.15, 0.2) is 35.5 Å². The van der Waals surface area contributed by atoms with Crippen molar-refractivity contribution in [1.29, 1.82) is 0 Å². The fraction of sp³-hybridized carbons (Fsp3) is 0.600. The molecule has 3 unspecified atom stereocenters. The van der Waals surface area contributed by atoms with Gasteiger partial charge in [-0.05, 0) is 38.3 Å². The maximum absolute atomic E-state index is 5.14. The van der Waals surface area contributed by atoms with E-state index in [1.54, 1.807) is 7.11 Å². The van der Waals surface area contributed by atoms with Crippen molar-refractivity contribution in [2.75, 3.05) is 20.2 Å². The Morgan fingerprint density at radius 2 is 2.16 bits per heavy atom. The maximum atomic E-state index is 5.14. The molecule has 4 rings (SSSR count). The third kappa shape index (κ3) is 4.03. The highest BCUT2D eigenvalue weighted by molar-refractivity contribution is 5.93. The smallest absolute Gasteiger partial charge is 0.212 e. The number of hydrogen-bond donors (Lipinski definition) is 0. The van der Waals surface area contributed by atoms with Crippen LogP contribution in [0, 0.1) is 0 Å². The largest absolute Gasteiger partial charge is 0.481 e. The van der Waals surface area contributed by atoms with E-state index in [9.17, 15) is 0 Å². The quantitative estimate of drug-likeness (QED) is 0.588. The second kappa shape index (κ2) is 8.00. The Morgan fingerprint density at radius 1 is 1.40 bits per heavy atom. The van der Waals surface area contributed by atoms with Gasteiger partial charge in [0.25, 0.3) is 0 Å². The molecule has 3 saturated heterocycles. The molecule has 3 aliphatic rings. The van der Waals surface area contributed by atoms with Crippen LogP contribution in [0.5, 0.6) is 5.88 Å². The number of pyridine rings is 1. The average molecular weight is 342 g/mol. The molecule has 0 N–H and O–H groups in total. The Morgan fingerprint density at radius 3 is 2.72 bits per heavy atom. The SMILES string of the molecule is C/C=C\C(=N/C(C)CC)N1CC2CC(C1)N2Cc1ccc(OC)nc1. The van der Waals surface area contributed by atoms with Crippen molar-refractivity contribution in [3.63, 3.8) is 0 Å². The number of methoxy groups -OCH3 is 1. The van der Waals surface area contributed by atoms with E-state index >= 15 is 0 Å². The minimum atomic E-state index is 0.380. The summed E-state index contributed by atoms with van der Waals surface area (Å²) in [5.74, 6) is 1.83. The molecule has 136 valence electrons. The van der Waals surface area contributed by atoms with Gasteiger partial charge in [0.2, 0.25) is 5.88 Å². The summed E-state index contributed by atoms with van der Waals surface area (Å²) in [7, 11) is 1.65. The minimum Gasteiger partial charge on any atom is -0.481 e. The summed E-state index contributed by atoms with van der Waals surface area (Å²) in [5, 5.41) is 0. The van der Waals surface area contributed by atoms with E-state index < -0.39 is 0 Å². The third-order valence-electron chi connectivity index (χ3n) is 5.30. The molecule has 1 aromatic rings. The van der Waals surface area contributed by atoms with Gasteiger partial charge >= 0.3 is 0 Å². The van der Waals surface area contributed by atoms with E-state index in [0.717, 1.165) is 31.9 Å². The number of hydrogen-bond acceptors (Lipinski definition) is 4. The van der Waals surface area contributed by atoms with Gasteiger partial charge in [0.1, 0.15) is 5.84 Å². The van der Waals surface area contributed by atoms with Gasteiger partial charge in [0, 0.05) is 50.0 Å². The Labute approximate surface area is 151 Å². The molecule has 0 aromatic carbocycles. The molecule has 1 aromatic heterocycles. The van der Waals surface area contributed by atoms with Gasteiger partial charge in [-0.15, -0.1) is 0 Å². The summed E-state index contributed by atoms with van der Waals surface area (Å²) in [6.07, 6.45) is 8.57. The molecule has 0 spiro atoms. The summed E-state index contributed by atoms with van der Waals surface area (Å²) in [5.41, 5.74) is 1.26. The highest BCUT2D eigenvalue weighted by atomic mass is 16.5. The lowest BCUT2D eigenvalue weighted by Crippen LogP contribution is -2.68. The molecule has 4 heterocycles. The lowest BCUT2D eigenvalue weighted by Gasteiger charge is -2.57. The van der Waals surface area contributed by atoms with Crippen molar-refractivity contribution >= 4 is 5.84 Å². The number of nitrogens with zero attached hydrogens (tertiary/aromatic N) is 4. The first-order chi connectivity index (χ1) is 12.1. The van der Waals surface area contributed by atoms with Crippen LogP contribution in [0.25, 0.3) is 0 Å². The van der Waals surface area contributed by atoms with Crippen LogP contribution in [0.2, 0.25) is 0 Å². The van der Waals surface area contributed by atoms with E-state index in [1.807, 2.05) is 12.3 Å². The molecule has 2 bridgehead atoms. The van der Waals surface area contributed by atoms with Gasteiger partial charge in [-0.3, -0.25) is 9.89 Å². The molecule has 3 fully saturated rings. The van der Waals surface area contributed by atoms with E-state index in [-0.39, 0.29) is 0 Å². The molecule has 5 nitrogen and oxygen atoms in total. The molecule has 0 radical (unpaired) electrons. The monoisotopic (exact) mass is 342 g/mol. The number of rotatable bonds is 6. The molecular weight excluding hydrogens is 312 g/mol. The molecule has 5 heteroatoms. The lowest BCUT2D eigenvalue weighted by atomic mass is 9.86. The minimum absolute atomic E-state index is 0.380. The summed E-state index contributed by atoms with van der Waals surface area (Å²) < 4.78 is 5.14. The second-order valence-electron chi connectivity index (χ2n) is 7.07. The van der Waals surface area contributed by atoms with Crippen molar-refractivity contribution in [2.24, 2.45) is 4.99 Å². The molecule has 3 aliphatic heterocycles. The number of fused-ring (bicyclic) bond motifs is 2. The summed E-state index contributed by atoms with van der Waals surface area (Å²) in [6.45, 7) is 9.57. The molecular formula is C20H30N4O. The fourth-order valence-corrected chi connectivity index (χ4v) is 3.66. The lowest BCUT2D eigenvalue weighted by molar-refractivity contribution is -0.0538. The van der Waals surface area contributed by atoms with Gasteiger partial charge in [-0.1, -0.05) is 19.1 Å². The highest BCUT2D eigenvalue weighted by Gasteiger charge is 2.44. The highest BCUT2D eigenvalue weighted by Crippen LogP contribution is 2.34. The van der Waals surface area contributed by atoms with Crippen LogP contribution < -0.4 is 4.74 Å². The van der Waals surface area contributed by atoms with Gasteiger partial charge in [0.15, 0.2) is 0 Å². The van der Waals surface area contributed by atoms with Crippen LogP contribution in [0.3, 0.4) is 0 Å². The number of aliphatic imine (C=N–C) groups is 1. The summed E-state index contributed by atoms with van der Waals surface area (Å²) in [6, 6.07) is 5.68. The summed E-state index contributed by atoms with van der Waals surface area (Å²) in [4.78, 5) is 14.3. The van der Waals surface area contributed by atoms with Crippen molar-refractivity contribution < 1.29 is 4.74 Å². The topological polar surface area (TPSA) is 41.0 Å². The summed E-state index contributed by atoms with van der Waals surface area (Å²) >= 11 is 0. The van der Waals surface area contributed by atoms with Gasteiger partial charge < -0.3 is 9.64 Å². The molecule has 3 atom stereocenters. The van der Waals surface area contributed by atoms with Gasteiger partial charge in [-0.2, -0.15) is 0 Å². The van der Waals surface area contributed by atoms with Crippen molar-refractivity contribution in [3.05, 3.63) is 36.0 Å². The van der Waals surface area contributed by atoms with Crippen LogP contribution in [-0.4, -0.2) is 58.9 Å². The van der Waals surface area contributed by atoms with Crippen LogP contribution >= 0.6 is 0 Å². The first-order valence-corrected chi connectivity index (χ1v) is 9.34. The zero-order valence-corrected chi connectivity index (χ0v) is 15.9. The number of ether oxygens (including phenoxy) is 1. The Hall–Kier alpha value is -1.88. The van der Waals surface area contributed by atoms with Gasteiger partial charge in [-0.25, -0.2) is 4.98 Å². The predicted octanol–water partition coefficient (Wildman–Crippen LogP) is 3.12. The van der Waals surface area contributed by atoms with E-state index in [0.29, 0.717) is 24.0 Å². The second-order valence-corrected chi connectivity index (χ2v) is 7.07. The maximum Gasteiger partial charge on any atom is 0.212 e. The molecule has 0 saturated carbocycles. The van der Waals surface area contributed by atoms with Crippen LogP contribution in [-0.2, 0) is 6.54 Å². The average Bonchev–Trinajstić information content (AvgIpc) is 2.66. The molecule has 25 heavy (non-hydrogen) atoms. The van der Waals surface area contributed by atoms with E-state index in [1.165, 1.54) is 12.0 Å². The van der Waals surface area contributed by atoms with Crippen LogP contribution in [0.4, 0.5) is 0 Å². The van der Waals surface area contributed by atoms with E-state index in [4.69, 9.17) is 9.73 Å². The number of aromatic nitrogens is 1. The molecule has 0 aliphatic carbocycles. The zero-order valence-electron chi connectivity index (χ0n) is 15.9. The first kappa shape index (κ1) is 17.9. The van der Waals surface area contributed by atoms with Crippen molar-refractivity contribution in [1.82, 2.24) is 14.8 Å². The van der Waals surface area contributed by atoms with Crippen molar-refractivity contribution in [2.45, 2.75) is 58.3 Å². The first-order valence-electron chi connectivity index (χ1n) is 9.34. The number of piperidine rings is 1. The third-order valence-corrected chi connectivity index (χ3v) is 5.30. The number of amidine groups is 1. The Bertz CT molecular complexity index is 613. The van der Waals surface area contributed by atoms with Gasteiger partial charge in [0.05, 0.1) is 7.11 Å². The molecule has 0 amide bonds. The Kier molecular flexibility index (Phi) is 5.74. The number of allylic oxidation sites excluding steroid dienone is 1. The number of piperazine rings is 1. The normalized spacial score (nSPS) is 25.1. The van der Waals surface area contributed by atoms with Crippen molar-refractivity contribution in [3.8, 4) is 5.88 Å². The zero-order chi connectivity index (χ0) is 17.8.